The number of anilines is 1. The molecule has 10 heteroatoms. The second kappa shape index (κ2) is 8.33. The Kier molecular flexibility index (Phi) is 5.36. The molecule has 1 aliphatic rings. The molecule has 0 spiro atoms. The molecular weight excluding hydrogens is 442 g/mol. The Hall–Kier alpha value is -3.29. The van der Waals surface area contributed by atoms with Gasteiger partial charge in [-0.25, -0.2) is 4.98 Å². The summed E-state index contributed by atoms with van der Waals surface area (Å²) in [6.45, 7) is 1.89. The van der Waals surface area contributed by atoms with E-state index in [-0.39, 0.29) is 5.91 Å². The maximum Gasteiger partial charge on any atom is 0.258 e. The normalized spacial score (nSPS) is 13.3. The Balaban J connectivity index is 1.33. The number of nitriles is 1. The van der Waals surface area contributed by atoms with E-state index in [1.165, 1.54) is 11.3 Å². The summed E-state index contributed by atoms with van der Waals surface area (Å²) in [5.41, 5.74) is 4.75. The van der Waals surface area contributed by atoms with Crippen LogP contribution in [0.25, 0.3) is 11.0 Å². The van der Waals surface area contributed by atoms with E-state index in [4.69, 9.17) is 10.2 Å². The van der Waals surface area contributed by atoms with Crippen molar-refractivity contribution in [2.75, 3.05) is 5.32 Å². The van der Waals surface area contributed by atoms with Crippen molar-refractivity contribution in [3.8, 4) is 6.07 Å². The topological polar surface area (TPSA) is 109 Å². The van der Waals surface area contributed by atoms with E-state index in [0.717, 1.165) is 45.2 Å². The number of hydrogen-bond donors (Lipinski definition) is 1. The number of fused-ring (bicyclic) bond motifs is 1. The van der Waals surface area contributed by atoms with Gasteiger partial charge in [-0.05, 0) is 43.5 Å². The van der Waals surface area contributed by atoms with E-state index in [0.29, 0.717) is 27.9 Å². The first-order valence-corrected chi connectivity index (χ1v) is 11.9. The third-order valence-corrected chi connectivity index (χ3v) is 7.34. The van der Waals surface area contributed by atoms with Gasteiger partial charge in [0.25, 0.3) is 5.91 Å². The predicted octanol–water partition coefficient (Wildman–Crippen LogP) is 4.42. The summed E-state index contributed by atoms with van der Waals surface area (Å²) >= 11 is 2.88. The summed E-state index contributed by atoms with van der Waals surface area (Å²) in [5.74, 6) is 0.905. The van der Waals surface area contributed by atoms with Crippen LogP contribution in [0, 0.1) is 18.3 Å². The van der Waals surface area contributed by atoms with Crippen LogP contribution in [0.15, 0.2) is 34.7 Å². The number of aryl methyl sites for hydroxylation is 2. The number of carbonyl (C=O) groups excluding carboxylic acids is 1. The number of nitrogens with one attached hydrogen (secondary N) is 1. The number of amides is 1. The van der Waals surface area contributed by atoms with Gasteiger partial charge in [0, 0.05) is 24.4 Å². The molecule has 32 heavy (non-hydrogen) atoms. The van der Waals surface area contributed by atoms with Gasteiger partial charge in [0.05, 0.1) is 28.3 Å². The number of nitrogens with zero attached hydrogens (tertiary/aromatic N) is 6. The zero-order chi connectivity index (χ0) is 22.2. The monoisotopic (exact) mass is 461 g/mol. The van der Waals surface area contributed by atoms with Gasteiger partial charge in [0.1, 0.15) is 0 Å². The van der Waals surface area contributed by atoms with E-state index in [9.17, 15) is 4.79 Å². The standard InChI is InChI=1S/C22H19N7OS2/c1-12-18-16(9-17(15-7-8-15)24-19(18)29(2)28-12)20(30)25-21-26-27-22(32-21)31-11-14-5-3-13(10-23)4-6-14/h3-6,9,15H,7-8,11H2,1-2H3,(H,25,26,30). The number of thioether (sulfide) groups is 1. The van der Waals surface area contributed by atoms with Crippen molar-refractivity contribution in [1.82, 2.24) is 25.0 Å². The summed E-state index contributed by atoms with van der Waals surface area (Å²) in [6, 6.07) is 11.5. The van der Waals surface area contributed by atoms with Crippen molar-refractivity contribution >= 4 is 45.2 Å². The fourth-order valence-corrected chi connectivity index (χ4v) is 5.24. The van der Waals surface area contributed by atoms with Crippen molar-refractivity contribution in [2.24, 2.45) is 7.05 Å². The first-order valence-electron chi connectivity index (χ1n) is 10.1. The van der Waals surface area contributed by atoms with E-state index in [1.807, 2.05) is 32.2 Å². The molecule has 1 saturated carbocycles. The molecule has 0 bridgehead atoms. The van der Waals surface area contributed by atoms with Crippen LogP contribution in [0.5, 0.6) is 0 Å². The molecule has 3 heterocycles. The summed E-state index contributed by atoms with van der Waals surface area (Å²) in [5, 5.41) is 25.8. The van der Waals surface area contributed by atoms with Gasteiger partial charge in [-0.2, -0.15) is 10.4 Å². The zero-order valence-electron chi connectivity index (χ0n) is 17.5. The van der Waals surface area contributed by atoms with Gasteiger partial charge in [-0.3, -0.25) is 14.8 Å². The van der Waals surface area contributed by atoms with E-state index < -0.39 is 0 Å². The van der Waals surface area contributed by atoms with Gasteiger partial charge >= 0.3 is 0 Å². The lowest BCUT2D eigenvalue weighted by Crippen LogP contribution is -2.13. The average molecular weight is 462 g/mol. The molecule has 1 aromatic carbocycles. The predicted molar refractivity (Wildman–Crippen MR) is 124 cm³/mol. The number of benzene rings is 1. The lowest BCUT2D eigenvalue weighted by Gasteiger charge is -2.07. The Morgan fingerprint density at radius 3 is 2.81 bits per heavy atom. The molecule has 5 rings (SSSR count). The number of rotatable bonds is 6. The maximum absolute atomic E-state index is 13.2. The van der Waals surface area contributed by atoms with Crippen molar-refractivity contribution < 1.29 is 4.79 Å². The molecule has 0 aliphatic heterocycles. The first kappa shape index (κ1) is 20.6. The smallest absolute Gasteiger partial charge is 0.258 e. The van der Waals surface area contributed by atoms with Crippen molar-refractivity contribution in [2.45, 2.75) is 35.8 Å². The maximum atomic E-state index is 13.2. The van der Waals surface area contributed by atoms with E-state index in [1.54, 1.807) is 28.6 Å². The largest absolute Gasteiger partial charge is 0.296 e. The minimum absolute atomic E-state index is 0.227. The lowest BCUT2D eigenvalue weighted by molar-refractivity contribution is 0.102. The summed E-state index contributed by atoms with van der Waals surface area (Å²) in [4.78, 5) is 17.9. The molecule has 3 aromatic heterocycles. The van der Waals surface area contributed by atoms with Gasteiger partial charge < -0.3 is 0 Å². The number of pyridine rings is 1. The molecule has 8 nitrogen and oxygen atoms in total. The third kappa shape index (κ3) is 4.09. The van der Waals surface area contributed by atoms with Gasteiger partial charge in [-0.1, -0.05) is 35.2 Å². The fraction of sp³-hybridized carbons (Fsp3) is 0.273. The molecule has 0 unspecified atom stereocenters. The SMILES string of the molecule is Cc1nn(C)c2nc(C3CC3)cc(C(=O)Nc3nnc(SCc4ccc(C#N)cc4)s3)c12. The quantitative estimate of drug-likeness (QED) is 0.334. The highest BCUT2D eigenvalue weighted by Gasteiger charge is 2.28. The van der Waals surface area contributed by atoms with Crippen molar-refractivity contribution in [3.63, 3.8) is 0 Å². The molecule has 1 fully saturated rings. The van der Waals surface area contributed by atoms with Crippen molar-refractivity contribution in [1.29, 1.82) is 5.26 Å². The second-order valence-electron chi connectivity index (χ2n) is 7.70. The molecular formula is C22H19N7OS2. The molecule has 0 atom stereocenters. The van der Waals surface area contributed by atoms with Crippen molar-refractivity contribution in [3.05, 3.63) is 58.4 Å². The average Bonchev–Trinajstić information content (AvgIpc) is 3.50. The molecule has 0 radical (unpaired) electrons. The highest BCUT2D eigenvalue weighted by atomic mass is 32.2. The Bertz CT molecular complexity index is 1360. The van der Waals surface area contributed by atoms with Crippen LogP contribution in [-0.2, 0) is 12.8 Å². The molecule has 0 saturated heterocycles. The number of aromatic nitrogens is 5. The van der Waals surface area contributed by atoms with E-state index in [2.05, 4.69) is 26.7 Å². The molecule has 1 N–H and O–H groups in total. The Morgan fingerprint density at radius 2 is 2.09 bits per heavy atom. The minimum atomic E-state index is -0.227. The van der Waals surface area contributed by atoms with Gasteiger partial charge in [0.2, 0.25) is 5.13 Å². The van der Waals surface area contributed by atoms with Crippen LogP contribution < -0.4 is 5.32 Å². The van der Waals surface area contributed by atoms with Crippen LogP contribution in [0.4, 0.5) is 5.13 Å². The van der Waals surface area contributed by atoms with Crippen LogP contribution in [0.1, 0.15) is 51.6 Å². The second-order valence-corrected chi connectivity index (χ2v) is 9.90. The summed E-state index contributed by atoms with van der Waals surface area (Å²) in [7, 11) is 1.85. The molecule has 160 valence electrons. The molecule has 4 aromatic rings. The van der Waals surface area contributed by atoms with E-state index >= 15 is 0 Å². The fourth-order valence-electron chi connectivity index (χ4n) is 3.54. The minimum Gasteiger partial charge on any atom is -0.296 e. The van der Waals surface area contributed by atoms with Gasteiger partial charge in [-0.15, -0.1) is 10.2 Å². The number of hydrogen-bond acceptors (Lipinski definition) is 8. The zero-order valence-corrected chi connectivity index (χ0v) is 19.1. The van der Waals surface area contributed by atoms with Crippen LogP contribution >= 0.6 is 23.1 Å². The third-order valence-electron chi connectivity index (χ3n) is 5.30. The van der Waals surface area contributed by atoms with Crippen LogP contribution in [0.3, 0.4) is 0 Å². The summed E-state index contributed by atoms with van der Waals surface area (Å²) in [6.07, 6.45) is 2.21. The van der Waals surface area contributed by atoms with Gasteiger partial charge in [0.15, 0.2) is 9.99 Å². The summed E-state index contributed by atoms with van der Waals surface area (Å²) < 4.78 is 2.50. The highest BCUT2D eigenvalue weighted by molar-refractivity contribution is 8.00. The molecule has 1 aliphatic carbocycles. The Labute approximate surface area is 192 Å². The molecule has 1 amide bonds. The Morgan fingerprint density at radius 1 is 1.31 bits per heavy atom. The first-order chi connectivity index (χ1) is 15.5. The highest BCUT2D eigenvalue weighted by Crippen LogP contribution is 2.40. The van der Waals surface area contributed by atoms with Crippen LogP contribution in [-0.4, -0.2) is 30.9 Å². The number of carbonyl (C=O) groups is 1. The van der Waals surface area contributed by atoms with Crippen LogP contribution in [0.2, 0.25) is 0 Å². The lowest BCUT2D eigenvalue weighted by atomic mass is 10.1.